The average molecular weight is 316 g/mol. The van der Waals surface area contributed by atoms with Crippen LogP contribution in [-0.2, 0) is 4.79 Å². The molecular weight excluding hydrogens is 292 g/mol. The molecule has 3 amide bonds. The number of amides is 3. The van der Waals surface area contributed by atoms with E-state index in [9.17, 15) is 9.59 Å². The van der Waals surface area contributed by atoms with Gasteiger partial charge in [-0.1, -0.05) is 19.9 Å². The Balaban J connectivity index is 1.56. The zero-order valence-electron chi connectivity index (χ0n) is 13.7. The molecule has 1 saturated heterocycles. The number of aromatic nitrogens is 1. The maximum absolute atomic E-state index is 12.3. The number of nitrogens with zero attached hydrogens (tertiary/aromatic N) is 2. The molecule has 2 aliphatic rings. The number of carbonyl (C=O) groups excluding carboxylic acids is 2. The maximum atomic E-state index is 12.3. The molecule has 1 saturated carbocycles. The average Bonchev–Trinajstić information content (AvgIpc) is 3.29. The summed E-state index contributed by atoms with van der Waals surface area (Å²) >= 11 is 0. The van der Waals surface area contributed by atoms with E-state index in [-0.39, 0.29) is 29.9 Å². The first-order valence-corrected chi connectivity index (χ1v) is 8.32. The van der Waals surface area contributed by atoms with Gasteiger partial charge in [0.1, 0.15) is 0 Å². The monoisotopic (exact) mass is 316 g/mol. The fourth-order valence-electron chi connectivity index (χ4n) is 3.08. The molecule has 2 N–H and O–H groups in total. The van der Waals surface area contributed by atoms with Crippen molar-refractivity contribution in [1.82, 2.24) is 20.5 Å². The number of hydrogen-bond acceptors (Lipinski definition) is 3. The second-order valence-electron chi connectivity index (χ2n) is 6.77. The molecule has 2 fully saturated rings. The third-order valence-corrected chi connectivity index (χ3v) is 4.44. The minimum Gasteiger partial charge on any atom is -0.338 e. The van der Waals surface area contributed by atoms with Crippen LogP contribution in [0.3, 0.4) is 0 Å². The van der Waals surface area contributed by atoms with Gasteiger partial charge in [0.15, 0.2) is 0 Å². The van der Waals surface area contributed by atoms with Crippen LogP contribution in [0.4, 0.5) is 4.79 Å². The Morgan fingerprint density at radius 3 is 2.74 bits per heavy atom. The van der Waals surface area contributed by atoms with E-state index < -0.39 is 0 Å². The van der Waals surface area contributed by atoms with Crippen molar-refractivity contribution in [2.45, 2.75) is 51.2 Å². The number of urea groups is 1. The van der Waals surface area contributed by atoms with Gasteiger partial charge in [-0.15, -0.1) is 0 Å². The Labute approximate surface area is 136 Å². The zero-order chi connectivity index (χ0) is 16.4. The first-order chi connectivity index (χ1) is 11.0. The van der Waals surface area contributed by atoms with Gasteiger partial charge in [0.25, 0.3) is 0 Å². The fourth-order valence-corrected chi connectivity index (χ4v) is 3.08. The molecule has 23 heavy (non-hydrogen) atoms. The van der Waals surface area contributed by atoms with Crippen molar-refractivity contribution in [3.63, 3.8) is 0 Å². The van der Waals surface area contributed by atoms with Crippen molar-refractivity contribution in [3.05, 3.63) is 30.1 Å². The van der Waals surface area contributed by atoms with Gasteiger partial charge in [-0.2, -0.15) is 0 Å². The first kappa shape index (κ1) is 15.8. The Bertz CT molecular complexity index is 571. The van der Waals surface area contributed by atoms with E-state index in [1.54, 1.807) is 6.20 Å². The molecule has 0 unspecified atom stereocenters. The first-order valence-electron chi connectivity index (χ1n) is 8.32. The zero-order valence-corrected chi connectivity index (χ0v) is 13.7. The second-order valence-corrected chi connectivity index (χ2v) is 6.77. The van der Waals surface area contributed by atoms with Gasteiger partial charge in [0.2, 0.25) is 5.91 Å². The highest BCUT2D eigenvalue weighted by Crippen LogP contribution is 2.30. The Morgan fingerprint density at radius 2 is 2.13 bits per heavy atom. The van der Waals surface area contributed by atoms with Crippen molar-refractivity contribution in [2.75, 3.05) is 6.54 Å². The van der Waals surface area contributed by atoms with Crippen LogP contribution >= 0.6 is 0 Å². The van der Waals surface area contributed by atoms with Crippen LogP contribution in [0.25, 0.3) is 0 Å². The third kappa shape index (κ3) is 3.81. The summed E-state index contributed by atoms with van der Waals surface area (Å²) in [7, 11) is 0. The lowest BCUT2D eigenvalue weighted by Gasteiger charge is -2.23. The van der Waals surface area contributed by atoms with Crippen molar-refractivity contribution in [3.8, 4) is 0 Å². The van der Waals surface area contributed by atoms with Gasteiger partial charge in [-0.05, 0) is 30.9 Å². The van der Waals surface area contributed by atoms with Crippen molar-refractivity contribution >= 4 is 11.9 Å². The SMILES string of the molecule is CC(C)[C@@H](NC(=O)N[C@H]1CC(=O)N(C2CC2)C1)c1ccccn1. The van der Waals surface area contributed by atoms with Crippen molar-refractivity contribution < 1.29 is 9.59 Å². The van der Waals surface area contributed by atoms with Gasteiger partial charge < -0.3 is 15.5 Å². The fraction of sp³-hybridized carbons (Fsp3) is 0.588. The summed E-state index contributed by atoms with van der Waals surface area (Å²) in [6.45, 7) is 4.73. The van der Waals surface area contributed by atoms with Crippen LogP contribution in [0.2, 0.25) is 0 Å². The lowest BCUT2D eigenvalue weighted by atomic mass is 10.0. The van der Waals surface area contributed by atoms with E-state index in [0.29, 0.717) is 19.0 Å². The summed E-state index contributed by atoms with van der Waals surface area (Å²) in [6.07, 6.45) is 4.33. The molecule has 0 spiro atoms. The minimum absolute atomic E-state index is 0.0976. The molecule has 0 radical (unpaired) electrons. The minimum atomic E-state index is -0.232. The Morgan fingerprint density at radius 1 is 1.35 bits per heavy atom. The third-order valence-electron chi connectivity index (χ3n) is 4.44. The topological polar surface area (TPSA) is 74.3 Å². The molecule has 1 aliphatic heterocycles. The largest absolute Gasteiger partial charge is 0.338 e. The Kier molecular flexibility index (Phi) is 4.50. The molecule has 0 bridgehead atoms. The van der Waals surface area contributed by atoms with Crippen molar-refractivity contribution in [2.24, 2.45) is 5.92 Å². The summed E-state index contributed by atoms with van der Waals surface area (Å²) in [5.41, 5.74) is 0.847. The smallest absolute Gasteiger partial charge is 0.315 e. The molecule has 0 aromatic carbocycles. The van der Waals surface area contributed by atoms with Gasteiger partial charge in [0, 0.05) is 25.2 Å². The number of hydrogen-bond donors (Lipinski definition) is 2. The van der Waals surface area contributed by atoms with Gasteiger partial charge in [-0.3, -0.25) is 9.78 Å². The highest BCUT2D eigenvalue weighted by molar-refractivity contribution is 5.82. The van der Waals surface area contributed by atoms with Gasteiger partial charge in [0.05, 0.1) is 17.8 Å². The molecule has 3 rings (SSSR count). The highest BCUT2D eigenvalue weighted by atomic mass is 16.2. The number of likely N-dealkylation sites (tertiary alicyclic amines) is 1. The van der Waals surface area contributed by atoms with Crippen LogP contribution in [0.15, 0.2) is 24.4 Å². The van der Waals surface area contributed by atoms with Gasteiger partial charge in [-0.25, -0.2) is 4.79 Å². The number of carbonyl (C=O) groups is 2. The van der Waals surface area contributed by atoms with E-state index in [1.165, 1.54) is 0 Å². The summed E-state index contributed by atoms with van der Waals surface area (Å²) in [4.78, 5) is 30.5. The normalized spacial score (nSPS) is 22.3. The number of nitrogens with one attached hydrogen (secondary N) is 2. The molecule has 1 aliphatic carbocycles. The van der Waals surface area contributed by atoms with Gasteiger partial charge >= 0.3 is 6.03 Å². The molecule has 6 nitrogen and oxygen atoms in total. The summed E-state index contributed by atoms with van der Waals surface area (Å²) < 4.78 is 0. The van der Waals surface area contributed by atoms with E-state index in [1.807, 2.05) is 36.9 Å². The summed E-state index contributed by atoms with van der Waals surface area (Å²) in [5.74, 6) is 0.381. The van der Waals surface area contributed by atoms with Crippen LogP contribution in [0.1, 0.15) is 44.8 Å². The summed E-state index contributed by atoms with van der Waals surface area (Å²) in [6, 6.07) is 5.63. The molecule has 1 aromatic heterocycles. The van der Waals surface area contributed by atoms with Crippen LogP contribution in [0, 0.1) is 5.92 Å². The van der Waals surface area contributed by atoms with Crippen LogP contribution in [0.5, 0.6) is 0 Å². The standard InChI is InChI=1S/C17H24N4O2/c1-11(2)16(14-5-3-4-8-18-14)20-17(23)19-12-9-15(22)21(10-12)13-6-7-13/h3-5,8,11-13,16H,6-7,9-10H2,1-2H3,(H2,19,20,23)/t12-,16+/m0/s1. The van der Waals surface area contributed by atoms with Crippen LogP contribution in [-0.4, -0.2) is 40.5 Å². The van der Waals surface area contributed by atoms with E-state index >= 15 is 0 Å². The lowest BCUT2D eigenvalue weighted by molar-refractivity contribution is -0.128. The molecule has 2 heterocycles. The molecule has 2 atom stereocenters. The molecule has 6 heteroatoms. The predicted octanol–water partition coefficient (Wildman–Crippen LogP) is 1.84. The predicted molar refractivity (Wildman–Crippen MR) is 86.6 cm³/mol. The summed E-state index contributed by atoms with van der Waals surface area (Å²) in [5, 5.41) is 5.93. The molecular formula is C17H24N4O2. The van der Waals surface area contributed by atoms with E-state index in [2.05, 4.69) is 15.6 Å². The maximum Gasteiger partial charge on any atom is 0.315 e. The van der Waals surface area contributed by atoms with E-state index in [0.717, 1.165) is 18.5 Å². The van der Waals surface area contributed by atoms with Crippen LogP contribution < -0.4 is 10.6 Å². The van der Waals surface area contributed by atoms with E-state index in [4.69, 9.17) is 0 Å². The van der Waals surface area contributed by atoms with Crippen molar-refractivity contribution in [1.29, 1.82) is 0 Å². The number of rotatable bonds is 5. The number of pyridine rings is 1. The second kappa shape index (κ2) is 6.56. The highest BCUT2D eigenvalue weighted by Gasteiger charge is 2.39. The lowest BCUT2D eigenvalue weighted by Crippen LogP contribution is -2.45. The Hall–Kier alpha value is -2.11. The molecule has 1 aromatic rings. The molecule has 124 valence electrons. The quantitative estimate of drug-likeness (QED) is 0.870.